The zero-order chi connectivity index (χ0) is 14.4. The van der Waals surface area contributed by atoms with Crippen LogP contribution in [0.3, 0.4) is 0 Å². The molecule has 0 aromatic heterocycles. The summed E-state index contributed by atoms with van der Waals surface area (Å²) in [5.41, 5.74) is 3.15. The second kappa shape index (κ2) is 7.61. The first kappa shape index (κ1) is 15.3. The molecule has 20 heavy (non-hydrogen) atoms. The zero-order valence-corrected chi connectivity index (χ0v) is 13.0. The average molecular weight is 342 g/mol. The third-order valence-corrected chi connectivity index (χ3v) is 3.88. The third kappa shape index (κ3) is 4.47. The first-order valence-corrected chi connectivity index (χ1v) is 7.61. The summed E-state index contributed by atoms with van der Waals surface area (Å²) in [7, 11) is 0. The molecule has 1 fully saturated rings. The van der Waals surface area contributed by atoms with Gasteiger partial charge in [-0.2, -0.15) is 0 Å². The quantitative estimate of drug-likeness (QED) is 0.487. The number of amides is 1. The van der Waals surface area contributed by atoms with Crippen LogP contribution in [0.1, 0.15) is 24.8 Å². The highest BCUT2D eigenvalue weighted by Crippen LogP contribution is 2.25. The van der Waals surface area contributed by atoms with Crippen molar-refractivity contribution in [3.05, 3.63) is 28.2 Å². The predicted octanol–water partition coefficient (Wildman–Crippen LogP) is 1.80. The summed E-state index contributed by atoms with van der Waals surface area (Å²) in [6.07, 6.45) is 3.81. The number of nitrogens with two attached hydrogens (primary N) is 1. The number of carbonyl (C=O) groups excluding carboxylic acids is 1. The average Bonchev–Trinajstić information content (AvgIpc) is 2.47. The van der Waals surface area contributed by atoms with Crippen molar-refractivity contribution >= 4 is 21.8 Å². The number of carbonyl (C=O) groups is 1. The lowest BCUT2D eigenvalue weighted by atomic mass is 10.1. The molecule has 3 N–H and O–H groups in total. The minimum absolute atomic E-state index is 0.0644. The maximum absolute atomic E-state index is 11.2. The lowest BCUT2D eigenvalue weighted by molar-refractivity contribution is -0.123. The van der Waals surface area contributed by atoms with Crippen molar-refractivity contribution in [2.45, 2.75) is 25.8 Å². The number of piperidine rings is 1. The first-order chi connectivity index (χ1) is 9.69. The molecule has 5 nitrogen and oxygen atoms in total. The van der Waals surface area contributed by atoms with E-state index in [2.05, 4.69) is 26.3 Å². The van der Waals surface area contributed by atoms with Crippen LogP contribution < -0.4 is 16.0 Å². The van der Waals surface area contributed by atoms with Gasteiger partial charge in [0.1, 0.15) is 5.75 Å². The molecule has 1 heterocycles. The van der Waals surface area contributed by atoms with Gasteiger partial charge in [-0.3, -0.25) is 15.1 Å². The van der Waals surface area contributed by atoms with E-state index < -0.39 is 0 Å². The van der Waals surface area contributed by atoms with E-state index in [9.17, 15) is 4.79 Å². The summed E-state index contributed by atoms with van der Waals surface area (Å²) < 4.78 is 6.56. The molecule has 0 spiro atoms. The molecule has 2 rings (SSSR count). The molecule has 0 saturated carbocycles. The number of nitrogens with one attached hydrogen (secondary N) is 1. The minimum Gasteiger partial charge on any atom is -0.483 e. The Morgan fingerprint density at radius 2 is 2.10 bits per heavy atom. The van der Waals surface area contributed by atoms with Crippen molar-refractivity contribution in [2.24, 2.45) is 5.84 Å². The Kier molecular flexibility index (Phi) is 5.82. The molecular weight excluding hydrogens is 322 g/mol. The molecule has 1 amide bonds. The summed E-state index contributed by atoms with van der Waals surface area (Å²) in [6.45, 7) is 3.02. The van der Waals surface area contributed by atoms with Crippen molar-refractivity contribution in [1.29, 1.82) is 0 Å². The van der Waals surface area contributed by atoms with Gasteiger partial charge in [0.25, 0.3) is 5.91 Å². The second-order valence-electron chi connectivity index (χ2n) is 4.95. The molecule has 0 bridgehead atoms. The molecule has 1 aromatic carbocycles. The highest BCUT2D eigenvalue weighted by Gasteiger charge is 2.14. The molecule has 0 aliphatic carbocycles. The van der Waals surface area contributed by atoms with Crippen LogP contribution in [0.2, 0.25) is 0 Å². The first-order valence-electron chi connectivity index (χ1n) is 6.82. The van der Waals surface area contributed by atoms with Crippen LogP contribution in [-0.4, -0.2) is 30.5 Å². The molecule has 0 unspecified atom stereocenters. The van der Waals surface area contributed by atoms with Gasteiger partial charge in [0.05, 0.1) is 0 Å². The van der Waals surface area contributed by atoms with Crippen LogP contribution in [0.25, 0.3) is 0 Å². The van der Waals surface area contributed by atoms with Crippen LogP contribution >= 0.6 is 15.9 Å². The number of halogens is 1. The SMILES string of the molecule is NNC(=O)COc1ccc(Br)cc1CN1CCCCC1. The maximum Gasteiger partial charge on any atom is 0.271 e. The molecule has 1 aliphatic rings. The monoisotopic (exact) mass is 341 g/mol. The highest BCUT2D eigenvalue weighted by atomic mass is 79.9. The van der Waals surface area contributed by atoms with Crippen LogP contribution in [0, 0.1) is 0 Å². The Labute approximate surface area is 127 Å². The normalized spacial score (nSPS) is 15.9. The summed E-state index contributed by atoms with van der Waals surface area (Å²) in [5, 5.41) is 0. The van der Waals surface area contributed by atoms with Gasteiger partial charge < -0.3 is 4.74 Å². The summed E-state index contributed by atoms with van der Waals surface area (Å²) in [6, 6.07) is 5.84. The van der Waals surface area contributed by atoms with Crippen molar-refractivity contribution in [1.82, 2.24) is 10.3 Å². The fourth-order valence-corrected chi connectivity index (χ4v) is 2.76. The smallest absolute Gasteiger partial charge is 0.271 e. The van der Waals surface area contributed by atoms with Gasteiger partial charge in [-0.15, -0.1) is 0 Å². The van der Waals surface area contributed by atoms with E-state index in [4.69, 9.17) is 10.6 Å². The Bertz CT molecular complexity index is 462. The van der Waals surface area contributed by atoms with Gasteiger partial charge in [0.15, 0.2) is 6.61 Å². The maximum atomic E-state index is 11.2. The molecule has 1 saturated heterocycles. The van der Waals surface area contributed by atoms with E-state index in [0.29, 0.717) is 0 Å². The van der Waals surface area contributed by atoms with Gasteiger partial charge in [0.2, 0.25) is 0 Å². The number of likely N-dealkylation sites (tertiary alicyclic amines) is 1. The van der Waals surface area contributed by atoms with Crippen molar-refractivity contribution in [3.8, 4) is 5.75 Å². The van der Waals surface area contributed by atoms with E-state index in [1.807, 2.05) is 18.2 Å². The number of nitrogens with zero attached hydrogens (tertiary/aromatic N) is 1. The number of rotatable bonds is 5. The van der Waals surface area contributed by atoms with Gasteiger partial charge in [-0.25, -0.2) is 5.84 Å². The van der Waals surface area contributed by atoms with Crippen molar-refractivity contribution in [2.75, 3.05) is 19.7 Å². The highest BCUT2D eigenvalue weighted by molar-refractivity contribution is 9.10. The van der Waals surface area contributed by atoms with Crippen LogP contribution in [0.4, 0.5) is 0 Å². The van der Waals surface area contributed by atoms with Gasteiger partial charge in [0, 0.05) is 16.6 Å². The zero-order valence-electron chi connectivity index (χ0n) is 11.4. The summed E-state index contributed by atoms with van der Waals surface area (Å²) >= 11 is 3.48. The molecule has 1 aromatic rings. The fraction of sp³-hybridized carbons (Fsp3) is 0.500. The Morgan fingerprint density at radius 1 is 1.35 bits per heavy atom. The second-order valence-corrected chi connectivity index (χ2v) is 5.86. The summed E-state index contributed by atoms with van der Waals surface area (Å²) in [5.74, 6) is 5.45. The Hall–Kier alpha value is -1.11. The number of hydrogen-bond acceptors (Lipinski definition) is 4. The van der Waals surface area contributed by atoms with Crippen molar-refractivity contribution in [3.63, 3.8) is 0 Å². The van der Waals surface area contributed by atoms with E-state index in [-0.39, 0.29) is 12.5 Å². The number of hydrogen-bond donors (Lipinski definition) is 2. The minimum atomic E-state index is -0.336. The molecule has 1 aliphatic heterocycles. The predicted molar refractivity (Wildman–Crippen MR) is 81.1 cm³/mol. The van der Waals surface area contributed by atoms with Gasteiger partial charge in [-0.05, 0) is 44.1 Å². The molecular formula is C14H20BrN3O2. The fourth-order valence-electron chi connectivity index (χ4n) is 2.36. The van der Waals surface area contributed by atoms with E-state index in [1.54, 1.807) is 0 Å². The van der Waals surface area contributed by atoms with Crippen LogP contribution in [0.5, 0.6) is 5.75 Å². The van der Waals surface area contributed by atoms with Gasteiger partial charge >= 0.3 is 0 Å². The van der Waals surface area contributed by atoms with Gasteiger partial charge in [-0.1, -0.05) is 22.4 Å². The Morgan fingerprint density at radius 3 is 2.80 bits per heavy atom. The standard InChI is InChI=1S/C14H20BrN3O2/c15-12-4-5-13(20-10-14(19)17-16)11(8-12)9-18-6-2-1-3-7-18/h4-5,8H,1-3,6-7,9-10,16H2,(H,17,19). The molecule has 0 atom stereocenters. The molecule has 110 valence electrons. The van der Waals surface area contributed by atoms with Crippen LogP contribution in [-0.2, 0) is 11.3 Å². The molecule has 0 radical (unpaired) electrons. The molecule has 6 heteroatoms. The summed E-state index contributed by atoms with van der Waals surface area (Å²) in [4.78, 5) is 13.6. The van der Waals surface area contributed by atoms with E-state index in [0.717, 1.165) is 35.4 Å². The Balaban J connectivity index is 2.04. The lowest BCUT2D eigenvalue weighted by Crippen LogP contribution is -2.34. The number of benzene rings is 1. The largest absolute Gasteiger partial charge is 0.483 e. The number of ether oxygens (including phenoxy) is 1. The third-order valence-electron chi connectivity index (χ3n) is 3.38. The van der Waals surface area contributed by atoms with E-state index in [1.165, 1.54) is 19.3 Å². The topological polar surface area (TPSA) is 67.6 Å². The number of hydrazine groups is 1. The van der Waals surface area contributed by atoms with Crippen LogP contribution in [0.15, 0.2) is 22.7 Å². The van der Waals surface area contributed by atoms with Crippen molar-refractivity contribution < 1.29 is 9.53 Å². The lowest BCUT2D eigenvalue weighted by Gasteiger charge is -2.27. The van der Waals surface area contributed by atoms with E-state index >= 15 is 0 Å².